The van der Waals surface area contributed by atoms with Crippen molar-refractivity contribution >= 4 is 17.8 Å². The van der Waals surface area contributed by atoms with Crippen molar-refractivity contribution in [1.29, 1.82) is 0 Å². The van der Waals surface area contributed by atoms with Crippen molar-refractivity contribution in [3.05, 3.63) is 35.4 Å². The highest BCUT2D eigenvalue weighted by atomic mass is 16.7. The number of carbonyl (C=O) groups excluding carboxylic acids is 3. The molecule has 0 aromatic heterocycles. The summed E-state index contributed by atoms with van der Waals surface area (Å²) in [5.41, 5.74) is 0.485. The Morgan fingerprint density at radius 2 is 1.74 bits per heavy atom. The minimum absolute atomic E-state index is 0.0264. The van der Waals surface area contributed by atoms with Crippen LogP contribution in [0.25, 0.3) is 0 Å². The van der Waals surface area contributed by atoms with Gasteiger partial charge in [0.05, 0.1) is 17.2 Å². The maximum Gasteiger partial charge on any atom is 0.358 e. The van der Waals surface area contributed by atoms with Gasteiger partial charge in [0.25, 0.3) is 11.8 Å². The fraction of sp³-hybridized carbons (Fsp3) is 0.471. The van der Waals surface area contributed by atoms with Gasteiger partial charge in [-0.3, -0.25) is 9.59 Å². The minimum atomic E-state index is -0.739. The molecule has 1 aliphatic heterocycles. The van der Waals surface area contributed by atoms with E-state index in [2.05, 4.69) is 6.92 Å². The number of amides is 2. The summed E-state index contributed by atoms with van der Waals surface area (Å²) in [6, 6.07) is 6.37. The summed E-state index contributed by atoms with van der Waals surface area (Å²) >= 11 is 0. The Balaban J connectivity index is 1.57. The largest absolute Gasteiger partial charge is 0.366 e. The Morgan fingerprint density at radius 3 is 2.35 bits per heavy atom. The lowest BCUT2D eigenvalue weighted by Crippen LogP contribution is -2.35. The molecule has 2 atom stereocenters. The van der Waals surface area contributed by atoms with Gasteiger partial charge in [0, 0.05) is 0 Å². The van der Waals surface area contributed by atoms with Crippen LogP contribution in [-0.2, 0) is 14.4 Å². The topological polar surface area (TPSA) is 72.9 Å². The molecule has 1 fully saturated rings. The number of hydrogen-bond acceptors (Lipinski definition) is 5. The smallest absolute Gasteiger partial charge is 0.358 e. The summed E-state index contributed by atoms with van der Waals surface area (Å²) in [5, 5.41) is 0.515. The molecular weight excluding hydrogens is 298 g/mol. The highest BCUT2D eigenvalue weighted by Crippen LogP contribution is 2.26. The summed E-state index contributed by atoms with van der Waals surface area (Å²) < 4.78 is 5.59. The van der Waals surface area contributed by atoms with Gasteiger partial charge in [0.2, 0.25) is 0 Å². The Labute approximate surface area is 134 Å². The standard InChI is InChI=1S/C17H19NO5/c1-11-6-2-5-9-14(11)22-10-15(19)23-18-16(20)12-7-3-4-8-13(12)17(18)21/h3-4,7-8,11,14H,2,5-6,9-10H2,1H3. The summed E-state index contributed by atoms with van der Waals surface area (Å²) in [6.45, 7) is 1.84. The predicted octanol–water partition coefficient (Wildman–Crippen LogP) is 2.34. The third-order valence-electron chi connectivity index (χ3n) is 4.40. The molecule has 23 heavy (non-hydrogen) atoms. The highest BCUT2D eigenvalue weighted by Gasteiger charge is 2.38. The van der Waals surface area contributed by atoms with E-state index in [9.17, 15) is 14.4 Å². The van der Waals surface area contributed by atoms with Crippen molar-refractivity contribution in [3.8, 4) is 0 Å². The molecule has 0 spiro atoms. The van der Waals surface area contributed by atoms with E-state index in [1.807, 2.05) is 0 Å². The number of hydrogen-bond donors (Lipinski definition) is 0. The number of fused-ring (bicyclic) bond motifs is 1. The fourth-order valence-electron chi connectivity index (χ4n) is 3.08. The Hall–Kier alpha value is -2.21. The van der Waals surface area contributed by atoms with Crippen LogP contribution in [0.5, 0.6) is 0 Å². The van der Waals surface area contributed by atoms with Crippen molar-refractivity contribution in [2.75, 3.05) is 6.61 Å². The van der Waals surface area contributed by atoms with Crippen LogP contribution in [0, 0.1) is 5.92 Å². The molecule has 2 unspecified atom stereocenters. The van der Waals surface area contributed by atoms with Crippen molar-refractivity contribution in [1.82, 2.24) is 5.06 Å². The molecule has 0 N–H and O–H groups in total. The van der Waals surface area contributed by atoms with Crippen molar-refractivity contribution in [2.24, 2.45) is 5.92 Å². The molecule has 1 aliphatic carbocycles. The van der Waals surface area contributed by atoms with Gasteiger partial charge in [-0.25, -0.2) is 4.79 Å². The average molecular weight is 317 g/mol. The van der Waals surface area contributed by atoms with Crippen LogP contribution in [0.3, 0.4) is 0 Å². The SMILES string of the molecule is CC1CCCCC1OCC(=O)ON1C(=O)c2ccccc2C1=O. The van der Waals surface area contributed by atoms with Crippen molar-refractivity contribution in [2.45, 2.75) is 38.7 Å². The summed E-state index contributed by atoms with van der Waals surface area (Å²) in [4.78, 5) is 41.0. The maximum absolute atomic E-state index is 12.1. The molecular formula is C17H19NO5. The first-order valence-electron chi connectivity index (χ1n) is 7.88. The molecule has 3 rings (SSSR count). The molecule has 6 heteroatoms. The molecule has 0 radical (unpaired) electrons. The van der Waals surface area contributed by atoms with Crippen LogP contribution in [-0.4, -0.2) is 35.6 Å². The average Bonchev–Trinajstić information content (AvgIpc) is 2.80. The molecule has 0 saturated heterocycles. The highest BCUT2D eigenvalue weighted by molar-refractivity contribution is 6.20. The van der Waals surface area contributed by atoms with Crippen LogP contribution in [0.15, 0.2) is 24.3 Å². The van der Waals surface area contributed by atoms with Crippen molar-refractivity contribution in [3.63, 3.8) is 0 Å². The van der Waals surface area contributed by atoms with E-state index in [1.54, 1.807) is 12.1 Å². The van der Waals surface area contributed by atoms with E-state index in [4.69, 9.17) is 9.57 Å². The van der Waals surface area contributed by atoms with Gasteiger partial charge in [0.1, 0.15) is 6.61 Å². The Kier molecular flexibility index (Phi) is 4.43. The minimum Gasteiger partial charge on any atom is -0.366 e. The summed E-state index contributed by atoms with van der Waals surface area (Å²) in [5.74, 6) is -1.58. The fourth-order valence-corrected chi connectivity index (χ4v) is 3.08. The lowest BCUT2D eigenvalue weighted by Gasteiger charge is -2.28. The second kappa shape index (κ2) is 6.50. The van der Waals surface area contributed by atoms with Gasteiger partial charge >= 0.3 is 5.97 Å². The lowest BCUT2D eigenvalue weighted by atomic mass is 9.88. The number of rotatable bonds is 4. The van der Waals surface area contributed by atoms with E-state index in [-0.39, 0.29) is 23.8 Å². The summed E-state index contributed by atoms with van der Waals surface area (Å²) in [6.07, 6.45) is 4.29. The molecule has 6 nitrogen and oxygen atoms in total. The van der Waals surface area contributed by atoms with E-state index >= 15 is 0 Å². The van der Waals surface area contributed by atoms with Gasteiger partial charge in [-0.05, 0) is 30.9 Å². The zero-order chi connectivity index (χ0) is 16.4. The molecule has 1 heterocycles. The molecule has 2 amide bonds. The maximum atomic E-state index is 12.1. The molecule has 2 aliphatic rings. The van der Waals surface area contributed by atoms with Crippen LogP contribution < -0.4 is 0 Å². The normalized spacial score (nSPS) is 23.8. The van der Waals surface area contributed by atoms with Crippen LogP contribution in [0.4, 0.5) is 0 Å². The zero-order valence-corrected chi connectivity index (χ0v) is 13.0. The third-order valence-corrected chi connectivity index (χ3v) is 4.40. The third kappa shape index (κ3) is 3.12. The van der Waals surface area contributed by atoms with Crippen LogP contribution in [0.2, 0.25) is 0 Å². The number of ether oxygens (including phenoxy) is 1. The quantitative estimate of drug-likeness (QED) is 0.797. The molecule has 0 bridgehead atoms. The first-order chi connectivity index (χ1) is 11.1. The number of nitrogens with zero attached hydrogens (tertiary/aromatic N) is 1. The van der Waals surface area contributed by atoms with Gasteiger partial charge in [-0.2, -0.15) is 0 Å². The Morgan fingerprint density at radius 1 is 1.13 bits per heavy atom. The number of imide groups is 1. The van der Waals surface area contributed by atoms with E-state index in [0.717, 1.165) is 19.3 Å². The molecule has 1 aromatic carbocycles. The number of benzene rings is 1. The molecule has 1 saturated carbocycles. The first kappa shape index (κ1) is 15.7. The van der Waals surface area contributed by atoms with E-state index < -0.39 is 17.8 Å². The molecule has 1 aromatic rings. The van der Waals surface area contributed by atoms with Gasteiger partial charge in [-0.1, -0.05) is 37.0 Å². The van der Waals surface area contributed by atoms with E-state index in [1.165, 1.54) is 18.6 Å². The van der Waals surface area contributed by atoms with Gasteiger partial charge < -0.3 is 9.57 Å². The zero-order valence-electron chi connectivity index (χ0n) is 13.0. The predicted molar refractivity (Wildman–Crippen MR) is 80.4 cm³/mol. The van der Waals surface area contributed by atoms with Crippen LogP contribution in [0.1, 0.15) is 53.3 Å². The molecule has 122 valence electrons. The number of hydroxylamine groups is 2. The Bertz CT molecular complexity index is 607. The second-order valence-electron chi connectivity index (χ2n) is 6.02. The van der Waals surface area contributed by atoms with Gasteiger partial charge in [0.15, 0.2) is 0 Å². The summed E-state index contributed by atoms with van der Waals surface area (Å²) in [7, 11) is 0. The van der Waals surface area contributed by atoms with Gasteiger partial charge in [-0.15, -0.1) is 0 Å². The monoisotopic (exact) mass is 317 g/mol. The second-order valence-corrected chi connectivity index (χ2v) is 6.02. The first-order valence-corrected chi connectivity index (χ1v) is 7.88. The number of carbonyl (C=O) groups is 3. The van der Waals surface area contributed by atoms with E-state index in [0.29, 0.717) is 11.0 Å². The van der Waals surface area contributed by atoms with Crippen molar-refractivity contribution < 1.29 is 24.0 Å². The lowest BCUT2D eigenvalue weighted by molar-refractivity contribution is -0.177. The van der Waals surface area contributed by atoms with Crippen LogP contribution >= 0.6 is 0 Å².